The standard InChI is InChI=1S/C17H24BrN/c18-15-4-2-13(3-5-15)16(12-19)14-6-10-17(11-7-14)8-1-9-17/h2-5,14,16H,1,6-12,19H2. The average Bonchev–Trinajstić information content (AvgIpc) is 2.41. The van der Waals surface area contributed by atoms with E-state index in [0.29, 0.717) is 5.92 Å². The van der Waals surface area contributed by atoms with Gasteiger partial charge in [0.2, 0.25) is 0 Å². The molecule has 2 N–H and O–H groups in total. The Morgan fingerprint density at radius 3 is 2.21 bits per heavy atom. The van der Waals surface area contributed by atoms with Crippen LogP contribution in [-0.4, -0.2) is 6.54 Å². The Hall–Kier alpha value is -0.340. The topological polar surface area (TPSA) is 26.0 Å². The van der Waals surface area contributed by atoms with E-state index in [1.807, 2.05) is 0 Å². The summed E-state index contributed by atoms with van der Waals surface area (Å²) in [5, 5.41) is 0. The molecule has 0 bridgehead atoms. The van der Waals surface area contributed by atoms with Crippen LogP contribution in [0, 0.1) is 11.3 Å². The summed E-state index contributed by atoms with van der Waals surface area (Å²) in [6.45, 7) is 0.791. The van der Waals surface area contributed by atoms with Gasteiger partial charge in [0.15, 0.2) is 0 Å². The van der Waals surface area contributed by atoms with Crippen molar-refractivity contribution >= 4 is 15.9 Å². The Morgan fingerprint density at radius 1 is 1.11 bits per heavy atom. The van der Waals surface area contributed by atoms with Crippen LogP contribution in [0.1, 0.15) is 56.4 Å². The fraction of sp³-hybridized carbons (Fsp3) is 0.647. The second-order valence-corrected chi connectivity index (χ2v) is 7.50. The molecule has 3 rings (SSSR count). The maximum Gasteiger partial charge on any atom is 0.0175 e. The van der Waals surface area contributed by atoms with Gasteiger partial charge in [-0.05, 0) is 80.0 Å². The van der Waals surface area contributed by atoms with Crippen molar-refractivity contribution in [3.63, 3.8) is 0 Å². The van der Waals surface area contributed by atoms with Crippen molar-refractivity contribution < 1.29 is 0 Å². The number of hydrogen-bond acceptors (Lipinski definition) is 1. The monoisotopic (exact) mass is 321 g/mol. The first-order valence-electron chi connectivity index (χ1n) is 7.68. The first-order chi connectivity index (χ1) is 9.22. The van der Waals surface area contributed by atoms with E-state index in [4.69, 9.17) is 5.73 Å². The van der Waals surface area contributed by atoms with Crippen LogP contribution < -0.4 is 5.73 Å². The van der Waals surface area contributed by atoms with Crippen LogP contribution in [-0.2, 0) is 0 Å². The molecule has 0 radical (unpaired) electrons. The summed E-state index contributed by atoms with van der Waals surface area (Å²) < 4.78 is 1.16. The SMILES string of the molecule is NCC(c1ccc(Br)cc1)C1CCC2(CCC2)CC1. The van der Waals surface area contributed by atoms with Gasteiger partial charge in [-0.2, -0.15) is 0 Å². The molecule has 1 spiro atoms. The first kappa shape index (κ1) is 13.6. The molecule has 0 heterocycles. The fourth-order valence-electron chi connectivity index (χ4n) is 4.14. The fourth-order valence-corrected chi connectivity index (χ4v) is 4.41. The zero-order valence-corrected chi connectivity index (χ0v) is 13.2. The maximum absolute atomic E-state index is 6.08. The van der Waals surface area contributed by atoms with Gasteiger partial charge in [-0.3, -0.25) is 0 Å². The van der Waals surface area contributed by atoms with Crippen molar-refractivity contribution in [1.29, 1.82) is 0 Å². The van der Waals surface area contributed by atoms with E-state index < -0.39 is 0 Å². The number of hydrogen-bond donors (Lipinski definition) is 1. The van der Waals surface area contributed by atoms with Crippen molar-refractivity contribution in [3.05, 3.63) is 34.3 Å². The van der Waals surface area contributed by atoms with Gasteiger partial charge in [-0.25, -0.2) is 0 Å². The van der Waals surface area contributed by atoms with Crippen molar-refractivity contribution in [3.8, 4) is 0 Å². The van der Waals surface area contributed by atoms with Crippen LogP contribution in [0.5, 0.6) is 0 Å². The molecule has 1 aromatic carbocycles. The predicted molar refractivity (Wildman–Crippen MR) is 84.2 cm³/mol. The minimum atomic E-state index is 0.561. The van der Waals surface area contributed by atoms with E-state index in [2.05, 4.69) is 40.2 Å². The molecule has 1 nitrogen and oxygen atoms in total. The quantitative estimate of drug-likeness (QED) is 0.845. The molecule has 0 aromatic heterocycles. The Bertz CT molecular complexity index is 411. The lowest BCUT2D eigenvalue weighted by Gasteiger charge is -2.48. The van der Waals surface area contributed by atoms with E-state index in [1.54, 1.807) is 0 Å². The Kier molecular flexibility index (Phi) is 4.00. The van der Waals surface area contributed by atoms with Crippen LogP contribution in [0.25, 0.3) is 0 Å². The molecule has 1 atom stereocenters. The second-order valence-electron chi connectivity index (χ2n) is 6.58. The third-order valence-electron chi connectivity index (χ3n) is 5.63. The summed E-state index contributed by atoms with van der Waals surface area (Å²) in [6.07, 6.45) is 10.1. The van der Waals surface area contributed by atoms with Gasteiger partial charge in [0.1, 0.15) is 0 Å². The van der Waals surface area contributed by atoms with E-state index in [1.165, 1.54) is 50.5 Å². The molecule has 2 aliphatic rings. The molecule has 2 saturated carbocycles. The molecular formula is C17H24BrN. The molecule has 2 fully saturated rings. The van der Waals surface area contributed by atoms with Crippen LogP contribution >= 0.6 is 15.9 Å². The molecule has 0 saturated heterocycles. The normalized spacial score (nSPS) is 24.1. The average molecular weight is 322 g/mol. The molecule has 0 amide bonds. The molecule has 19 heavy (non-hydrogen) atoms. The molecule has 1 unspecified atom stereocenters. The lowest BCUT2D eigenvalue weighted by molar-refractivity contribution is 0.0496. The third kappa shape index (κ3) is 2.75. The predicted octanol–water partition coefficient (Wildman–Crippen LogP) is 4.85. The van der Waals surface area contributed by atoms with Crippen molar-refractivity contribution in [1.82, 2.24) is 0 Å². The summed E-state index contributed by atoms with van der Waals surface area (Å²) in [6, 6.07) is 8.78. The third-order valence-corrected chi connectivity index (χ3v) is 6.15. The highest BCUT2D eigenvalue weighted by Gasteiger charge is 2.41. The summed E-state index contributed by atoms with van der Waals surface area (Å²) in [7, 11) is 0. The Labute approximate surface area is 125 Å². The Morgan fingerprint density at radius 2 is 1.74 bits per heavy atom. The number of benzene rings is 1. The van der Waals surface area contributed by atoms with Crippen molar-refractivity contribution in [2.45, 2.75) is 50.9 Å². The van der Waals surface area contributed by atoms with Gasteiger partial charge in [0.05, 0.1) is 0 Å². The van der Waals surface area contributed by atoms with E-state index in [0.717, 1.165) is 22.4 Å². The highest BCUT2D eigenvalue weighted by molar-refractivity contribution is 9.10. The van der Waals surface area contributed by atoms with Crippen molar-refractivity contribution in [2.24, 2.45) is 17.1 Å². The smallest absolute Gasteiger partial charge is 0.0175 e. The van der Waals surface area contributed by atoms with Crippen LogP contribution in [0.4, 0.5) is 0 Å². The maximum atomic E-state index is 6.08. The molecular weight excluding hydrogens is 298 g/mol. The number of halogens is 1. The van der Waals surface area contributed by atoms with Crippen LogP contribution in [0.2, 0.25) is 0 Å². The highest BCUT2D eigenvalue weighted by atomic mass is 79.9. The zero-order chi connectivity index (χ0) is 13.3. The number of rotatable bonds is 3. The second kappa shape index (κ2) is 5.57. The largest absolute Gasteiger partial charge is 0.330 e. The summed E-state index contributed by atoms with van der Waals surface area (Å²) in [5.41, 5.74) is 8.27. The van der Waals surface area contributed by atoms with E-state index in [9.17, 15) is 0 Å². The molecule has 0 aliphatic heterocycles. The van der Waals surface area contributed by atoms with Gasteiger partial charge < -0.3 is 5.73 Å². The minimum Gasteiger partial charge on any atom is -0.330 e. The highest BCUT2D eigenvalue weighted by Crippen LogP contribution is 2.54. The molecule has 1 aromatic rings. The van der Waals surface area contributed by atoms with Gasteiger partial charge >= 0.3 is 0 Å². The molecule has 2 aliphatic carbocycles. The summed E-state index contributed by atoms with van der Waals surface area (Å²) in [4.78, 5) is 0. The van der Waals surface area contributed by atoms with Gasteiger partial charge in [-0.15, -0.1) is 0 Å². The van der Waals surface area contributed by atoms with Crippen LogP contribution in [0.15, 0.2) is 28.7 Å². The summed E-state index contributed by atoms with van der Waals surface area (Å²) >= 11 is 3.51. The van der Waals surface area contributed by atoms with Gasteiger partial charge in [0, 0.05) is 4.47 Å². The Balaban J connectivity index is 1.67. The van der Waals surface area contributed by atoms with Gasteiger partial charge in [-0.1, -0.05) is 34.5 Å². The molecule has 2 heteroatoms. The number of nitrogens with two attached hydrogens (primary N) is 1. The minimum absolute atomic E-state index is 0.561. The molecule has 104 valence electrons. The van der Waals surface area contributed by atoms with Crippen molar-refractivity contribution in [2.75, 3.05) is 6.54 Å². The zero-order valence-electron chi connectivity index (χ0n) is 11.6. The van der Waals surface area contributed by atoms with Crippen LogP contribution in [0.3, 0.4) is 0 Å². The van der Waals surface area contributed by atoms with E-state index >= 15 is 0 Å². The lowest BCUT2D eigenvalue weighted by atomic mass is 9.57. The first-order valence-corrected chi connectivity index (χ1v) is 8.47. The van der Waals surface area contributed by atoms with Gasteiger partial charge in [0.25, 0.3) is 0 Å². The van der Waals surface area contributed by atoms with E-state index in [-0.39, 0.29) is 0 Å². The summed E-state index contributed by atoms with van der Waals surface area (Å²) in [5.74, 6) is 1.36. The lowest BCUT2D eigenvalue weighted by Crippen LogP contribution is -2.36.